The molecule has 1 aliphatic rings. The molecule has 0 radical (unpaired) electrons. The molecule has 0 aliphatic carbocycles. The second kappa shape index (κ2) is 2.59. The van der Waals surface area contributed by atoms with Crippen molar-refractivity contribution in [2.24, 2.45) is 3.39 Å². The first-order valence-corrected chi connectivity index (χ1v) is 6.40. The van der Waals surface area contributed by atoms with Crippen molar-refractivity contribution in [3.63, 3.8) is 0 Å². The summed E-state index contributed by atoms with van der Waals surface area (Å²) in [5, 5.41) is 0. The maximum atomic E-state index is 9.83. The Morgan fingerprint density at radius 1 is 1.29 bits per heavy atom. The van der Waals surface area contributed by atoms with Gasteiger partial charge in [-0.15, -0.1) is 0 Å². The number of hydrogen-bond acceptors (Lipinski definition) is 2. The van der Waals surface area contributed by atoms with Gasteiger partial charge < -0.3 is 0 Å². The van der Waals surface area contributed by atoms with Crippen LogP contribution in [-0.2, 0) is 0 Å². The monoisotopic (exact) mass is 213 g/mol. The van der Waals surface area contributed by atoms with E-state index in [-0.39, 0.29) is 0 Å². The Morgan fingerprint density at radius 2 is 1.86 bits per heavy atom. The van der Waals surface area contributed by atoms with Crippen LogP contribution in [0.5, 0.6) is 0 Å². The molecule has 1 saturated heterocycles. The first-order chi connectivity index (χ1) is 3.43. The molecule has 1 aliphatic heterocycles. The summed E-state index contributed by atoms with van der Waals surface area (Å²) in [5.41, 5.74) is 0. The van der Waals surface area contributed by atoms with Crippen LogP contribution in [0, 0.1) is 4.91 Å². The topological polar surface area (TPSA) is 29.4 Å². The molecule has 0 atom stereocenters. The van der Waals surface area contributed by atoms with Crippen LogP contribution in [0.25, 0.3) is 0 Å². The van der Waals surface area contributed by atoms with Gasteiger partial charge in [-0.25, -0.2) is 0 Å². The van der Waals surface area contributed by atoms with Crippen molar-refractivity contribution in [2.45, 2.75) is 12.8 Å². The molecule has 0 aromatic rings. The van der Waals surface area contributed by atoms with Crippen molar-refractivity contribution in [2.75, 3.05) is 8.86 Å². The Bertz CT molecular complexity index is 70.1. The third-order valence-electron chi connectivity index (χ3n) is 1.05. The molecule has 1 fully saturated rings. The van der Waals surface area contributed by atoms with Crippen LogP contribution in [0.2, 0.25) is 0 Å². The van der Waals surface area contributed by atoms with Crippen LogP contribution >= 0.6 is 20.1 Å². The van der Waals surface area contributed by atoms with Crippen LogP contribution in [-0.4, -0.2) is 8.86 Å². The second-order valence-corrected chi connectivity index (χ2v) is 6.58. The average molecular weight is 213 g/mol. The van der Waals surface area contributed by atoms with Gasteiger partial charge in [-0.1, -0.05) is 0 Å². The van der Waals surface area contributed by atoms with Gasteiger partial charge in [-0.05, 0) is 0 Å². The Balaban J connectivity index is 2.26. The SMILES string of the molecule is O=NI1CCCC1. The van der Waals surface area contributed by atoms with Crippen LogP contribution < -0.4 is 0 Å². The normalized spacial score (nSPS) is 25.4. The number of alkyl halides is 2. The van der Waals surface area contributed by atoms with E-state index in [4.69, 9.17) is 0 Å². The predicted octanol–water partition coefficient (Wildman–Crippen LogP) is 1.97. The van der Waals surface area contributed by atoms with Gasteiger partial charge in [0.1, 0.15) is 0 Å². The fourth-order valence-electron chi connectivity index (χ4n) is 0.661. The van der Waals surface area contributed by atoms with Gasteiger partial charge in [0.15, 0.2) is 0 Å². The molecule has 3 heteroatoms. The molecule has 2 nitrogen and oxygen atoms in total. The quantitative estimate of drug-likeness (QED) is 0.372. The molecule has 0 spiro atoms. The van der Waals surface area contributed by atoms with Gasteiger partial charge in [-0.2, -0.15) is 0 Å². The van der Waals surface area contributed by atoms with E-state index in [1.807, 2.05) is 0 Å². The zero-order chi connectivity index (χ0) is 5.11. The van der Waals surface area contributed by atoms with E-state index in [1.54, 1.807) is 0 Å². The zero-order valence-electron chi connectivity index (χ0n) is 4.06. The van der Waals surface area contributed by atoms with Crippen molar-refractivity contribution >= 4 is 20.1 Å². The minimum atomic E-state index is -1.14. The molecule has 0 amide bonds. The fourth-order valence-corrected chi connectivity index (χ4v) is 4.43. The molecular formula is C4H8INO. The Hall–Kier alpha value is 0.330. The molecule has 0 unspecified atom stereocenters. The summed E-state index contributed by atoms with van der Waals surface area (Å²) >= 11 is -1.14. The van der Waals surface area contributed by atoms with Crippen molar-refractivity contribution < 1.29 is 0 Å². The molecule has 0 aromatic heterocycles. The van der Waals surface area contributed by atoms with Crippen LogP contribution in [0.3, 0.4) is 0 Å². The van der Waals surface area contributed by atoms with Gasteiger partial charge in [0.25, 0.3) is 0 Å². The first kappa shape index (κ1) is 5.47. The standard InChI is InChI=1S/C4H8INO/c7-6-5-3-1-2-4-5/h1-4H2. The molecular weight excluding hydrogens is 205 g/mol. The molecule has 0 saturated carbocycles. The number of nitroso groups, excluding NO2 is 1. The number of rotatable bonds is 1. The number of hydrogen-bond donors (Lipinski definition) is 0. The molecule has 0 N–H and O–H groups in total. The van der Waals surface area contributed by atoms with Crippen molar-refractivity contribution in [1.29, 1.82) is 0 Å². The summed E-state index contributed by atoms with van der Waals surface area (Å²) in [4.78, 5) is 9.83. The van der Waals surface area contributed by atoms with Crippen LogP contribution in [0.15, 0.2) is 3.39 Å². The summed E-state index contributed by atoms with van der Waals surface area (Å²) < 4.78 is 5.47. The Kier molecular flexibility index (Phi) is 2.02. The maximum absolute atomic E-state index is 9.83. The second-order valence-electron chi connectivity index (χ2n) is 1.58. The molecule has 42 valence electrons. The van der Waals surface area contributed by atoms with E-state index in [1.165, 1.54) is 21.7 Å². The van der Waals surface area contributed by atoms with Gasteiger partial charge in [0.2, 0.25) is 0 Å². The van der Waals surface area contributed by atoms with Gasteiger partial charge in [0, 0.05) is 0 Å². The molecule has 1 rings (SSSR count). The summed E-state index contributed by atoms with van der Waals surface area (Å²) in [6.07, 6.45) is 2.55. The predicted molar refractivity (Wildman–Crippen MR) is 38.8 cm³/mol. The number of nitrogens with zero attached hydrogens (tertiary/aromatic N) is 1. The summed E-state index contributed by atoms with van der Waals surface area (Å²) in [7, 11) is 0. The van der Waals surface area contributed by atoms with Crippen LogP contribution in [0.1, 0.15) is 12.8 Å². The van der Waals surface area contributed by atoms with E-state index in [0.717, 1.165) is 0 Å². The molecule has 1 heterocycles. The average Bonchev–Trinajstić information content (AvgIpc) is 2.14. The van der Waals surface area contributed by atoms with Gasteiger partial charge >= 0.3 is 50.1 Å². The van der Waals surface area contributed by atoms with Gasteiger partial charge in [0.05, 0.1) is 0 Å². The third kappa shape index (κ3) is 1.36. The van der Waals surface area contributed by atoms with E-state index >= 15 is 0 Å². The Morgan fingerprint density at radius 3 is 2.14 bits per heavy atom. The first-order valence-electron chi connectivity index (χ1n) is 2.39. The zero-order valence-corrected chi connectivity index (χ0v) is 6.22. The Labute approximate surface area is 50.4 Å². The third-order valence-corrected chi connectivity index (χ3v) is 5.62. The van der Waals surface area contributed by atoms with Crippen molar-refractivity contribution in [1.82, 2.24) is 0 Å². The summed E-state index contributed by atoms with van der Waals surface area (Å²) in [6, 6.07) is 0. The number of halogens is 1. The van der Waals surface area contributed by atoms with Crippen molar-refractivity contribution in [3.8, 4) is 0 Å². The minimum absolute atomic E-state index is 1.14. The summed E-state index contributed by atoms with van der Waals surface area (Å²) in [6.45, 7) is 0. The van der Waals surface area contributed by atoms with E-state index in [2.05, 4.69) is 3.39 Å². The van der Waals surface area contributed by atoms with E-state index in [9.17, 15) is 4.91 Å². The van der Waals surface area contributed by atoms with Crippen LogP contribution in [0.4, 0.5) is 0 Å². The van der Waals surface area contributed by atoms with Gasteiger partial charge in [-0.3, -0.25) is 0 Å². The molecule has 0 bridgehead atoms. The van der Waals surface area contributed by atoms with E-state index < -0.39 is 20.1 Å². The molecule has 7 heavy (non-hydrogen) atoms. The van der Waals surface area contributed by atoms with E-state index in [0.29, 0.717) is 0 Å². The van der Waals surface area contributed by atoms with Crippen molar-refractivity contribution in [3.05, 3.63) is 4.91 Å². The molecule has 0 aromatic carbocycles. The summed E-state index contributed by atoms with van der Waals surface area (Å²) in [5.74, 6) is 0. The fraction of sp³-hybridized carbons (Fsp3) is 1.00.